The summed E-state index contributed by atoms with van der Waals surface area (Å²) < 4.78 is 0. The summed E-state index contributed by atoms with van der Waals surface area (Å²) in [5.74, 6) is -3.56. The Kier molecular flexibility index (Phi) is 31.3. The van der Waals surface area contributed by atoms with Gasteiger partial charge in [-0.05, 0) is 166 Å². The first kappa shape index (κ1) is 77.1. The van der Waals surface area contributed by atoms with Crippen LogP contribution in [0.15, 0.2) is 268 Å². The Balaban J connectivity index is 0.000000170. The molecule has 4 heterocycles. The Morgan fingerprint density at radius 3 is 0.560 bits per heavy atom. The van der Waals surface area contributed by atoms with E-state index < -0.39 is 23.9 Å². The molecule has 8 N–H and O–H groups in total. The molecule has 0 atom stereocenters. The van der Waals surface area contributed by atoms with E-state index in [4.69, 9.17) is 113 Å². The first-order valence-electron chi connectivity index (χ1n) is 29.9. The van der Waals surface area contributed by atoms with Gasteiger partial charge in [-0.1, -0.05) is 190 Å². The van der Waals surface area contributed by atoms with E-state index in [0.29, 0.717) is 108 Å². The third kappa shape index (κ3) is 25.2. The minimum Gasteiger partial charge on any atom is -0.481 e. The van der Waals surface area contributed by atoms with Crippen LogP contribution in [0, 0.1) is 0 Å². The van der Waals surface area contributed by atoms with Crippen LogP contribution < -0.4 is 21.3 Å². The molecule has 4 aromatic heterocycles. The first-order valence-corrected chi connectivity index (χ1v) is 32.9. The van der Waals surface area contributed by atoms with Crippen molar-refractivity contribution < 1.29 is 39.6 Å². The monoisotopic (exact) mass is 1490 g/mol. The number of rotatable bonds is 18. The maximum absolute atomic E-state index is 10.8. The van der Waals surface area contributed by atoms with Crippen LogP contribution in [0.25, 0.3) is 22.3 Å². The molecule has 8 aromatic carbocycles. The third-order valence-electron chi connectivity index (χ3n) is 13.7. The number of benzene rings is 8. The predicted octanol–water partition coefficient (Wildman–Crippen LogP) is 21.7. The summed E-state index contributed by atoms with van der Waals surface area (Å²) in [4.78, 5) is 59.1. The van der Waals surface area contributed by atoms with Crippen LogP contribution >= 0.6 is 92.8 Å². The lowest BCUT2D eigenvalue weighted by molar-refractivity contribution is -0.137. The van der Waals surface area contributed by atoms with E-state index >= 15 is 0 Å². The number of pyridine rings is 4. The van der Waals surface area contributed by atoms with Crippen molar-refractivity contribution in [2.45, 2.75) is 25.7 Å². The fourth-order valence-corrected chi connectivity index (χ4v) is 11.0. The van der Waals surface area contributed by atoms with Gasteiger partial charge in [-0.15, -0.1) is 0 Å². The zero-order valence-electron chi connectivity index (χ0n) is 52.5. The number of hydrogen-bond donors (Lipinski definition) is 8. The average molecular weight is 1500 g/mol. The highest BCUT2D eigenvalue weighted by atomic mass is 35.5. The maximum atomic E-state index is 10.8. The average Bonchev–Trinajstić information content (AvgIpc) is 0.876. The lowest BCUT2D eigenvalue weighted by Crippen LogP contribution is -2.04. The summed E-state index contributed by atoms with van der Waals surface area (Å²) in [6.45, 7) is 0. The molecule has 0 spiro atoms. The van der Waals surface area contributed by atoms with Crippen molar-refractivity contribution in [3.63, 3.8) is 0 Å². The molecule has 100 heavy (non-hydrogen) atoms. The Bertz CT molecular complexity index is 3990. The fraction of sp³-hybridized carbons (Fsp3) is 0.0526. The lowest BCUT2D eigenvalue weighted by atomic mass is 10.1. The SMILES string of the molecule is O=C(O)Cc1ccccc1Nc1c(Cl)cccc1Cl.O=C(O)Cc1ccccc1Nc1c(Cl)cccc1Cl.O=C(O)Cc1ccccc1Nc1c(Cl)cccc1Cl.O=C(O)Cc1ccccc1Nc1c(Cl)cccc1Cl.c1cc(-c2ccncc2)ccn1.c1cc(-c2ccncc2)ccn1. The first-order chi connectivity index (χ1) is 48.2. The van der Waals surface area contributed by atoms with Gasteiger partial charge in [0, 0.05) is 72.3 Å². The van der Waals surface area contributed by atoms with Gasteiger partial charge in [-0.2, -0.15) is 0 Å². The molecule has 0 saturated carbocycles. The number of carbonyl (C=O) groups is 4. The van der Waals surface area contributed by atoms with Gasteiger partial charge < -0.3 is 41.7 Å². The second-order valence-electron chi connectivity index (χ2n) is 20.7. The quantitative estimate of drug-likeness (QED) is 0.0398. The number of aromatic nitrogens is 4. The molecule has 12 rings (SSSR count). The summed E-state index contributed by atoms with van der Waals surface area (Å²) in [5.41, 5.74) is 12.4. The van der Waals surface area contributed by atoms with Crippen molar-refractivity contribution in [2.24, 2.45) is 0 Å². The van der Waals surface area contributed by atoms with Crippen LogP contribution in [-0.4, -0.2) is 64.2 Å². The van der Waals surface area contributed by atoms with Crippen molar-refractivity contribution in [3.05, 3.63) is 330 Å². The second-order valence-corrected chi connectivity index (χ2v) is 24.0. The van der Waals surface area contributed by atoms with Crippen molar-refractivity contribution in [1.29, 1.82) is 0 Å². The largest absolute Gasteiger partial charge is 0.481 e. The Morgan fingerprint density at radius 1 is 0.240 bits per heavy atom. The molecule has 0 aliphatic carbocycles. The zero-order valence-corrected chi connectivity index (χ0v) is 58.5. The summed E-state index contributed by atoms with van der Waals surface area (Å²) in [6, 6.07) is 65.2. The van der Waals surface area contributed by atoms with Crippen molar-refractivity contribution in [3.8, 4) is 22.3 Å². The molecule has 0 bridgehead atoms. The summed E-state index contributed by atoms with van der Waals surface area (Å²) in [7, 11) is 0. The summed E-state index contributed by atoms with van der Waals surface area (Å²) in [5, 5.41) is 51.8. The number of para-hydroxylation sites is 8. The molecule has 24 heteroatoms. The number of nitrogens with zero attached hydrogens (tertiary/aromatic N) is 4. The molecule has 12 aromatic rings. The molecule has 0 aliphatic rings. The predicted molar refractivity (Wildman–Crippen MR) is 405 cm³/mol. The number of nitrogens with one attached hydrogen (secondary N) is 4. The van der Waals surface area contributed by atoms with Gasteiger partial charge in [0.05, 0.1) is 88.6 Å². The van der Waals surface area contributed by atoms with Crippen LogP contribution in [0.2, 0.25) is 40.2 Å². The molecule has 16 nitrogen and oxygen atoms in total. The fourth-order valence-electron chi connectivity index (χ4n) is 9.02. The van der Waals surface area contributed by atoms with Crippen molar-refractivity contribution in [2.75, 3.05) is 21.3 Å². The molecular weight excluding hydrogens is 1440 g/mol. The minimum absolute atomic E-state index is 0.0642. The Hall–Kier alpha value is -10.2. The van der Waals surface area contributed by atoms with Crippen molar-refractivity contribution >= 4 is 162 Å². The lowest BCUT2D eigenvalue weighted by Gasteiger charge is -2.13. The number of anilines is 8. The van der Waals surface area contributed by atoms with Crippen LogP contribution in [-0.2, 0) is 44.9 Å². The van der Waals surface area contributed by atoms with Gasteiger partial charge in [0.15, 0.2) is 0 Å². The van der Waals surface area contributed by atoms with E-state index in [0.717, 1.165) is 0 Å². The second kappa shape index (κ2) is 40.6. The van der Waals surface area contributed by atoms with Gasteiger partial charge in [-0.3, -0.25) is 39.1 Å². The highest BCUT2D eigenvalue weighted by Crippen LogP contribution is 2.38. The zero-order chi connectivity index (χ0) is 71.8. The number of aliphatic carboxylic acids is 4. The van der Waals surface area contributed by atoms with Gasteiger partial charge in [0.25, 0.3) is 0 Å². The standard InChI is InChI=1S/4C14H11Cl2NO2.2C10H8N2/c4*15-10-5-3-6-11(16)14(10)17-12-7-2-1-4-9(12)8-13(18)19;2*1-5-11-6-2-9(1)10-3-7-12-8-4-10/h4*1-7,17H,8H2,(H,18,19);2*1-8H. The Morgan fingerprint density at radius 2 is 0.400 bits per heavy atom. The smallest absolute Gasteiger partial charge is 0.307 e. The van der Waals surface area contributed by atoms with Crippen LogP contribution in [0.3, 0.4) is 0 Å². The summed E-state index contributed by atoms with van der Waals surface area (Å²) in [6.07, 6.45) is 14.0. The van der Waals surface area contributed by atoms with Gasteiger partial charge >= 0.3 is 23.9 Å². The van der Waals surface area contributed by atoms with E-state index in [2.05, 4.69) is 41.2 Å². The molecule has 0 unspecified atom stereocenters. The van der Waals surface area contributed by atoms with E-state index in [-0.39, 0.29) is 25.7 Å². The topological polar surface area (TPSA) is 249 Å². The van der Waals surface area contributed by atoms with Crippen LogP contribution in [0.5, 0.6) is 0 Å². The molecule has 0 amide bonds. The third-order valence-corrected chi connectivity index (χ3v) is 16.2. The van der Waals surface area contributed by atoms with E-state index in [1.54, 1.807) is 195 Å². The Labute approximate surface area is 616 Å². The number of hydrogen-bond acceptors (Lipinski definition) is 12. The van der Waals surface area contributed by atoms with Crippen LogP contribution in [0.4, 0.5) is 45.5 Å². The van der Waals surface area contributed by atoms with Gasteiger partial charge in [0.2, 0.25) is 0 Å². The van der Waals surface area contributed by atoms with Crippen molar-refractivity contribution in [1.82, 2.24) is 19.9 Å². The van der Waals surface area contributed by atoms with Crippen LogP contribution in [0.1, 0.15) is 22.3 Å². The van der Waals surface area contributed by atoms with Gasteiger partial charge in [-0.25, -0.2) is 0 Å². The maximum Gasteiger partial charge on any atom is 0.307 e. The minimum atomic E-state index is -0.889. The van der Waals surface area contributed by atoms with Gasteiger partial charge in [0.1, 0.15) is 0 Å². The highest BCUT2D eigenvalue weighted by molar-refractivity contribution is 6.41. The number of carboxylic acids is 4. The number of carboxylic acid groups (broad SMARTS) is 4. The number of halogens is 8. The van der Waals surface area contributed by atoms with E-state index in [1.165, 1.54) is 22.3 Å². The van der Waals surface area contributed by atoms with E-state index in [1.807, 2.05) is 72.8 Å². The highest BCUT2D eigenvalue weighted by Gasteiger charge is 2.15. The normalized spacial score (nSPS) is 10.1. The molecule has 508 valence electrons. The van der Waals surface area contributed by atoms with E-state index in [9.17, 15) is 19.2 Å². The molecule has 0 aliphatic heterocycles. The molecule has 0 fully saturated rings. The summed E-state index contributed by atoms with van der Waals surface area (Å²) >= 11 is 48.6. The molecule has 0 radical (unpaired) electrons. The molecule has 0 saturated heterocycles. The molecular formula is C76H60Cl8N8O8.